The van der Waals surface area contributed by atoms with Crippen molar-refractivity contribution in [2.45, 2.75) is 63.4 Å². The van der Waals surface area contributed by atoms with Crippen molar-refractivity contribution in [2.24, 2.45) is 5.92 Å². The van der Waals surface area contributed by atoms with Gasteiger partial charge in [0.1, 0.15) is 11.5 Å². The maximum absolute atomic E-state index is 13.0. The minimum atomic E-state index is -0.582. The third-order valence-electron chi connectivity index (χ3n) is 5.96. The summed E-state index contributed by atoms with van der Waals surface area (Å²) in [7, 11) is 0. The predicted octanol–water partition coefficient (Wildman–Crippen LogP) is 4.11. The summed E-state index contributed by atoms with van der Waals surface area (Å²) in [6.45, 7) is 1.68. The minimum Gasteiger partial charge on any atom is -0.506 e. The van der Waals surface area contributed by atoms with Gasteiger partial charge in [-0.05, 0) is 50.5 Å². The van der Waals surface area contributed by atoms with Crippen LogP contribution in [-0.4, -0.2) is 22.1 Å². The first-order chi connectivity index (χ1) is 13.5. The first-order valence-corrected chi connectivity index (χ1v) is 10.1. The molecule has 5 nitrogen and oxygen atoms in total. The molecule has 2 aliphatic carbocycles. The van der Waals surface area contributed by atoms with Gasteiger partial charge in [0.15, 0.2) is 5.78 Å². The van der Waals surface area contributed by atoms with Crippen molar-refractivity contribution in [3.05, 3.63) is 63.2 Å². The summed E-state index contributed by atoms with van der Waals surface area (Å²) in [5.41, 5.74) is 0.745. The molecule has 28 heavy (non-hydrogen) atoms. The molecule has 3 atom stereocenters. The van der Waals surface area contributed by atoms with Gasteiger partial charge in [-0.1, -0.05) is 30.3 Å². The van der Waals surface area contributed by atoms with Gasteiger partial charge in [-0.25, -0.2) is 4.79 Å². The molecule has 3 unspecified atom stereocenters. The smallest absolute Gasteiger partial charge is 0.343 e. The molecule has 2 aromatic rings. The van der Waals surface area contributed by atoms with Crippen molar-refractivity contribution in [3.8, 4) is 5.75 Å². The molecular weight excluding hydrogens is 356 g/mol. The number of hydrogen-bond acceptors (Lipinski definition) is 5. The highest BCUT2D eigenvalue weighted by Crippen LogP contribution is 2.49. The van der Waals surface area contributed by atoms with E-state index in [0.29, 0.717) is 25.7 Å². The lowest BCUT2D eigenvalue weighted by Gasteiger charge is -2.22. The van der Waals surface area contributed by atoms with E-state index in [0.717, 1.165) is 18.4 Å². The Morgan fingerprint density at radius 3 is 2.50 bits per heavy atom. The second-order valence-corrected chi connectivity index (χ2v) is 8.21. The molecular formula is C23H26O5. The molecule has 0 amide bonds. The van der Waals surface area contributed by atoms with Crippen LogP contribution in [0.25, 0.3) is 0 Å². The fraction of sp³-hybridized carbons (Fsp3) is 0.478. The number of Topliss-reactive ketones (excluding diaryl/α,β-unsaturated/α-hetero) is 1. The van der Waals surface area contributed by atoms with E-state index in [1.54, 1.807) is 6.92 Å². The van der Waals surface area contributed by atoms with Crippen molar-refractivity contribution in [1.29, 1.82) is 0 Å². The molecule has 1 saturated carbocycles. The molecule has 5 heteroatoms. The second kappa shape index (κ2) is 7.55. The second-order valence-electron chi connectivity index (χ2n) is 8.21. The van der Waals surface area contributed by atoms with Gasteiger partial charge < -0.3 is 14.6 Å². The van der Waals surface area contributed by atoms with Crippen LogP contribution < -0.4 is 5.63 Å². The number of rotatable bonds is 5. The summed E-state index contributed by atoms with van der Waals surface area (Å²) in [6.07, 6.45) is 3.38. The largest absolute Gasteiger partial charge is 0.506 e. The van der Waals surface area contributed by atoms with Crippen LogP contribution in [0.15, 0.2) is 39.5 Å². The number of ketones is 1. The Labute approximate surface area is 164 Å². The van der Waals surface area contributed by atoms with Gasteiger partial charge in [0.25, 0.3) is 0 Å². The number of aliphatic hydroxyl groups excluding tert-OH is 1. The van der Waals surface area contributed by atoms with Crippen molar-refractivity contribution < 1.29 is 19.4 Å². The molecule has 1 aromatic heterocycles. The summed E-state index contributed by atoms with van der Waals surface area (Å²) in [4.78, 5) is 25.8. The summed E-state index contributed by atoms with van der Waals surface area (Å²) in [5, 5.41) is 21.0. The maximum atomic E-state index is 13.0. The lowest BCUT2D eigenvalue weighted by atomic mass is 9.85. The highest BCUT2D eigenvalue weighted by Gasteiger charge is 2.40. The van der Waals surface area contributed by atoms with E-state index < -0.39 is 11.7 Å². The van der Waals surface area contributed by atoms with Crippen molar-refractivity contribution in [3.63, 3.8) is 0 Å². The van der Waals surface area contributed by atoms with E-state index in [2.05, 4.69) is 0 Å². The van der Waals surface area contributed by atoms with Crippen LogP contribution >= 0.6 is 0 Å². The van der Waals surface area contributed by atoms with Gasteiger partial charge in [0.2, 0.25) is 0 Å². The molecule has 1 fully saturated rings. The Morgan fingerprint density at radius 1 is 1.14 bits per heavy atom. The quantitative estimate of drug-likeness (QED) is 0.760. The molecule has 1 heterocycles. The Balaban J connectivity index is 1.89. The van der Waals surface area contributed by atoms with Gasteiger partial charge in [0.05, 0.1) is 17.2 Å². The van der Waals surface area contributed by atoms with Gasteiger partial charge in [-0.2, -0.15) is 0 Å². The Kier molecular flexibility index (Phi) is 5.11. The zero-order valence-corrected chi connectivity index (χ0v) is 16.1. The third kappa shape index (κ3) is 3.51. The lowest BCUT2D eigenvalue weighted by Crippen LogP contribution is -2.21. The average Bonchev–Trinajstić information content (AvgIpc) is 3.49. The van der Waals surface area contributed by atoms with Gasteiger partial charge in [0, 0.05) is 18.3 Å². The van der Waals surface area contributed by atoms with E-state index in [-0.39, 0.29) is 46.2 Å². The molecule has 148 valence electrons. The van der Waals surface area contributed by atoms with E-state index >= 15 is 0 Å². The van der Waals surface area contributed by atoms with E-state index in [1.807, 2.05) is 30.3 Å². The van der Waals surface area contributed by atoms with E-state index in [1.165, 1.54) is 0 Å². The number of carbonyl (C=O) groups is 1. The first-order valence-electron chi connectivity index (χ1n) is 10.1. The number of benzene rings is 1. The molecule has 0 spiro atoms. The standard InChI is InChI=1S/C23H26O5/c1-13(24)12-16-8-5-9-17(25)19-21(26)20(23(27)28-22(16)19)18(15-10-11-15)14-6-3-2-4-7-14/h2-4,6-7,13,15-16,18,24,26H,5,8-12H2,1H3. The van der Waals surface area contributed by atoms with Crippen LogP contribution in [0.2, 0.25) is 0 Å². The van der Waals surface area contributed by atoms with Crippen LogP contribution in [-0.2, 0) is 0 Å². The van der Waals surface area contributed by atoms with E-state index in [4.69, 9.17) is 4.42 Å². The van der Waals surface area contributed by atoms with Crippen LogP contribution in [0.1, 0.15) is 84.5 Å². The number of fused-ring (bicyclic) bond motifs is 1. The number of aliphatic hydroxyl groups is 1. The van der Waals surface area contributed by atoms with Crippen LogP contribution in [0.3, 0.4) is 0 Å². The molecule has 1 aromatic carbocycles. The van der Waals surface area contributed by atoms with Gasteiger partial charge >= 0.3 is 5.63 Å². The highest BCUT2D eigenvalue weighted by molar-refractivity contribution is 6.00. The summed E-state index contributed by atoms with van der Waals surface area (Å²) in [6, 6.07) is 9.64. The minimum absolute atomic E-state index is 0.152. The summed E-state index contributed by atoms with van der Waals surface area (Å²) in [5.74, 6) is -0.400. The summed E-state index contributed by atoms with van der Waals surface area (Å²) >= 11 is 0. The topological polar surface area (TPSA) is 87.7 Å². The molecule has 4 rings (SSSR count). The molecule has 0 aliphatic heterocycles. The number of hydrogen-bond donors (Lipinski definition) is 2. The molecule has 0 radical (unpaired) electrons. The van der Waals surface area contributed by atoms with E-state index in [9.17, 15) is 19.8 Å². The SMILES string of the molecule is CC(O)CC1CCCC(=O)c2c1oc(=O)c(C(c1ccccc1)C1CC1)c2O. The normalized spacial score (nSPS) is 21.6. The maximum Gasteiger partial charge on any atom is 0.343 e. The number of aromatic hydroxyl groups is 1. The first kappa shape index (κ1) is 18.9. The Hall–Kier alpha value is -2.40. The zero-order chi connectivity index (χ0) is 19.8. The molecule has 0 bridgehead atoms. The molecule has 2 N–H and O–H groups in total. The Morgan fingerprint density at radius 2 is 1.86 bits per heavy atom. The third-order valence-corrected chi connectivity index (χ3v) is 5.96. The predicted molar refractivity (Wildman–Crippen MR) is 105 cm³/mol. The van der Waals surface area contributed by atoms with Crippen LogP contribution in [0.5, 0.6) is 5.75 Å². The molecule has 2 aliphatic rings. The van der Waals surface area contributed by atoms with Crippen molar-refractivity contribution in [1.82, 2.24) is 0 Å². The van der Waals surface area contributed by atoms with Crippen molar-refractivity contribution in [2.75, 3.05) is 0 Å². The number of carbonyl (C=O) groups excluding carboxylic acids is 1. The fourth-order valence-electron chi connectivity index (χ4n) is 4.55. The van der Waals surface area contributed by atoms with Crippen LogP contribution in [0, 0.1) is 5.92 Å². The fourth-order valence-corrected chi connectivity index (χ4v) is 4.55. The van der Waals surface area contributed by atoms with Crippen LogP contribution in [0.4, 0.5) is 0 Å². The zero-order valence-electron chi connectivity index (χ0n) is 16.1. The van der Waals surface area contributed by atoms with Crippen molar-refractivity contribution >= 4 is 5.78 Å². The highest BCUT2D eigenvalue weighted by atomic mass is 16.4. The van der Waals surface area contributed by atoms with Gasteiger partial charge in [-0.3, -0.25) is 4.79 Å². The molecule has 0 saturated heterocycles. The lowest BCUT2D eigenvalue weighted by molar-refractivity contribution is 0.0976. The monoisotopic (exact) mass is 382 g/mol. The Bertz CT molecular complexity index is 924. The van der Waals surface area contributed by atoms with Gasteiger partial charge in [-0.15, -0.1) is 0 Å². The summed E-state index contributed by atoms with van der Waals surface area (Å²) < 4.78 is 5.71. The average molecular weight is 382 g/mol.